The lowest BCUT2D eigenvalue weighted by Crippen LogP contribution is -2.60. The number of aliphatic hydroxyl groups excluding tert-OH is 4. The first-order chi connectivity index (χ1) is 12.7. The van der Waals surface area contributed by atoms with Crippen LogP contribution in [0.15, 0.2) is 24.3 Å². The number of amides is 2. The Hall–Kier alpha value is -2.24. The first-order valence-electron chi connectivity index (χ1n) is 8.35. The Labute approximate surface area is 155 Å². The van der Waals surface area contributed by atoms with Crippen LogP contribution in [-0.2, 0) is 20.7 Å². The van der Waals surface area contributed by atoms with E-state index in [0.29, 0.717) is 11.3 Å². The molecule has 1 aromatic rings. The summed E-state index contributed by atoms with van der Waals surface area (Å²) < 4.78 is 10.7. The smallest absolute Gasteiger partial charge is 0.240 e. The normalized spacial score (nSPS) is 29.0. The third-order valence-electron chi connectivity index (χ3n) is 4.18. The number of hydrogen-bond acceptors (Lipinski definition) is 8. The van der Waals surface area contributed by atoms with Gasteiger partial charge in [0.25, 0.3) is 0 Å². The second-order valence-electron chi connectivity index (χ2n) is 6.32. The minimum absolute atomic E-state index is 0.190. The Morgan fingerprint density at radius 1 is 1.19 bits per heavy atom. The summed E-state index contributed by atoms with van der Waals surface area (Å²) in [6.45, 7) is 0.731. The Morgan fingerprint density at radius 3 is 2.33 bits per heavy atom. The number of rotatable bonds is 7. The highest BCUT2D eigenvalue weighted by atomic mass is 16.7. The van der Waals surface area contributed by atoms with E-state index in [1.165, 1.54) is 6.92 Å². The summed E-state index contributed by atoms with van der Waals surface area (Å²) in [5, 5.41) is 41.1. The van der Waals surface area contributed by atoms with Gasteiger partial charge in [0.1, 0.15) is 36.2 Å². The molecule has 1 aromatic carbocycles. The summed E-state index contributed by atoms with van der Waals surface area (Å²) in [5.74, 6) is -0.744. The number of hydrogen-bond donors (Lipinski definition) is 6. The van der Waals surface area contributed by atoms with Crippen molar-refractivity contribution in [3.05, 3.63) is 29.8 Å². The molecule has 10 heteroatoms. The standard InChI is InChI=1S/C17H24N2O8/c1-8(21)19-11(16(18)25)6-9-2-4-10(5-3-9)26-17-15(24)14(23)13(22)12(7-20)27-17/h2-5,11-15,17,20,22-24H,6-7H2,1H3,(H2,18,25)(H,19,21)/t11-,12+,13?,14?,15+,17+/m0/s1. The van der Waals surface area contributed by atoms with Crippen LogP contribution in [0.25, 0.3) is 0 Å². The van der Waals surface area contributed by atoms with Gasteiger partial charge in [-0.3, -0.25) is 9.59 Å². The molecule has 150 valence electrons. The average molecular weight is 384 g/mol. The summed E-state index contributed by atoms with van der Waals surface area (Å²) in [6.07, 6.45) is -6.68. The largest absolute Gasteiger partial charge is 0.462 e. The van der Waals surface area contributed by atoms with Gasteiger partial charge in [-0.15, -0.1) is 0 Å². The Bertz CT molecular complexity index is 651. The molecule has 0 aromatic heterocycles. The Morgan fingerprint density at radius 2 is 1.81 bits per heavy atom. The van der Waals surface area contributed by atoms with Crippen molar-refractivity contribution >= 4 is 11.8 Å². The van der Waals surface area contributed by atoms with Crippen LogP contribution >= 0.6 is 0 Å². The summed E-state index contributed by atoms with van der Waals surface area (Å²) in [6, 6.07) is 5.51. The molecule has 1 heterocycles. The lowest BCUT2D eigenvalue weighted by Gasteiger charge is -2.39. The number of aliphatic hydroxyl groups is 4. The lowest BCUT2D eigenvalue weighted by atomic mass is 9.99. The zero-order chi connectivity index (χ0) is 20.1. The monoisotopic (exact) mass is 384 g/mol. The molecule has 0 radical (unpaired) electrons. The maximum absolute atomic E-state index is 11.4. The summed E-state index contributed by atoms with van der Waals surface area (Å²) in [7, 11) is 0. The quantitative estimate of drug-likeness (QED) is 0.297. The topological polar surface area (TPSA) is 172 Å². The van der Waals surface area contributed by atoms with E-state index in [1.807, 2.05) is 0 Å². The van der Waals surface area contributed by atoms with Crippen molar-refractivity contribution in [2.45, 2.75) is 50.1 Å². The van der Waals surface area contributed by atoms with Crippen LogP contribution < -0.4 is 15.8 Å². The molecule has 2 unspecified atom stereocenters. The first kappa shape index (κ1) is 21.1. The highest BCUT2D eigenvalue weighted by molar-refractivity contribution is 5.85. The second-order valence-corrected chi connectivity index (χ2v) is 6.32. The van der Waals surface area contributed by atoms with Crippen molar-refractivity contribution in [3.8, 4) is 5.75 Å². The van der Waals surface area contributed by atoms with Gasteiger partial charge in [-0.05, 0) is 17.7 Å². The van der Waals surface area contributed by atoms with E-state index in [-0.39, 0.29) is 12.3 Å². The Balaban J connectivity index is 2.02. The summed E-state index contributed by atoms with van der Waals surface area (Å²) in [4.78, 5) is 22.5. The predicted molar refractivity (Wildman–Crippen MR) is 91.3 cm³/mol. The van der Waals surface area contributed by atoms with Gasteiger partial charge in [-0.2, -0.15) is 0 Å². The van der Waals surface area contributed by atoms with Crippen molar-refractivity contribution in [3.63, 3.8) is 0 Å². The van der Waals surface area contributed by atoms with Gasteiger partial charge in [-0.1, -0.05) is 12.1 Å². The molecule has 1 fully saturated rings. The molecule has 2 rings (SSSR count). The molecular formula is C17H24N2O8. The highest BCUT2D eigenvalue weighted by Gasteiger charge is 2.44. The highest BCUT2D eigenvalue weighted by Crippen LogP contribution is 2.24. The van der Waals surface area contributed by atoms with Gasteiger partial charge >= 0.3 is 0 Å². The zero-order valence-corrected chi connectivity index (χ0v) is 14.7. The third-order valence-corrected chi connectivity index (χ3v) is 4.18. The summed E-state index contributed by atoms with van der Waals surface area (Å²) in [5.41, 5.74) is 5.97. The average Bonchev–Trinajstić information content (AvgIpc) is 2.62. The van der Waals surface area contributed by atoms with E-state index in [9.17, 15) is 30.0 Å². The maximum atomic E-state index is 11.4. The number of nitrogens with one attached hydrogen (secondary N) is 1. The molecular weight excluding hydrogens is 360 g/mol. The molecule has 27 heavy (non-hydrogen) atoms. The second kappa shape index (κ2) is 9.11. The van der Waals surface area contributed by atoms with Gasteiger partial charge in [0.15, 0.2) is 0 Å². The lowest BCUT2D eigenvalue weighted by molar-refractivity contribution is -0.277. The third kappa shape index (κ3) is 5.37. The van der Waals surface area contributed by atoms with Crippen molar-refractivity contribution in [1.82, 2.24) is 5.32 Å². The molecule has 0 saturated carbocycles. The van der Waals surface area contributed by atoms with Crippen molar-refractivity contribution in [2.75, 3.05) is 6.61 Å². The fourth-order valence-corrected chi connectivity index (χ4v) is 2.71. The van der Waals surface area contributed by atoms with Gasteiger partial charge < -0.3 is 41.0 Å². The maximum Gasteiger partial charge on any atom is 0.240 e. The first-order valence-corrected chi connectivity index (χ1v) is 8.35. The molecule has 6 atom stereocenters. The van der Waals surface area contributed by atoms with Crippen LogP contribution in [0, 0.1) is 0 Å². The molecule has 2 amide bonds. The van der Waals surface area contributed by atoms with Crippen LogP contribution in [0.1, 0.15) is 12.5 Å². The van der Waals surface area contributed by atoms with Crippen LogP contribution in [0.2, 0.25) is 0 Å². The van der Waals surface area contributed by atoms with E-state index >= 15 is 0 Å². The van der Waals surface area contributed by atoms with Crippen LogP contribution in [0.3, 0.4) is 0 Å². The molecule has 10 nitrogen and oxygen atoms in total. The van der Waals surface area contributed by atoms with Gasteiger partial charge in [0, 0.05) is 13.3 Å². The SMILES string of the molecule is CC(=O)N[C@@H](Cc1ccc(O[C@@H]2O[C@H](CO)C(O)C(O)[C@H]2O)cc1)C(N)=O. The Kier molecular flexibility index (Phi) is 7.11. The van der Waals surface area contributed by atoms with E-state index < -0.39 is 49.3 Å². The number of benzene rings is 1. The van der Waals surface area contributed by atoms with Crippen molar-refractivity contribution < 1.29 is 39.5 Å². The molecule has 0 aliphatic carbocycles. The van der Waals surface area contributed by atoms with Crippen LogP contribution in [-0.4, -0.2) is 75.6 Å². The molecule has 1 aliphatic heterocycles. The van der Waals surface area contributed by atoms with Crippen LogP contribution in [0.5, 0.6) is 5.75 Å². The number of carbonyl (C=O) groups is 2. The van der Waals surface area contributed by atoms with Crippen LogP contribution in [0.4, 0.5) is 0 Å². The van der Waals surface area contributed by atoms with Crippen molar-refractivity contribution in [1.29, 1.82) is 0 Å². The van der Waals surface area contributed by atoms with Gasteiger partial charge in [0.05, 0.1) is 6.61 Å². The van der Waals surface area contributed by atoms with Gasteiger partial charge in [0.2, 0.25) is 18.1 Å². The van der Waals surface area contributed by atoms with Gasteiger partial charge in [-0.25, -0.2) is 0 Å². The number of ether oxygens (including phenoxy) is 2. The minimum atomic E-state index is -1.53. The summed E-state index contributed by atoms with van der Waals surface area (Å²) >= 11 is 0. The predicted octanol–water partition coefficient (Wildman–Crippen LogP) is -2.60. The molecule has 7 N–H and O–H groups in total. The fraction of sp³-hybridized carbons (Fsp3) is 0.529. The molecule has 0 bridgehead atoms. The fourth-order valence-electron chi connectivity index (χ4n) is 2.71. The molecule has 1 saturated heterocycles. The molecule has 0 spiro atoms. The minimum Gasteiger partial charge on any atom is -0.462 e. The van der Waals surface area contributed by atoms with E-state index in [1.54, 1.807) is 24.3 Å². The number of primary amides is 1. The number of carbonyl (C=O) groups excluding carboxylic acids is 2. The van der Waals surface area contributed by atoms with E-state index in [4.69, 9.17) is 15.2 Å². The number of nitrogens with two attached hydrogens (primary N) is 1. The molecule has 1 aliphatic rings. The zero-order valence-electron chi connectivity index (χ0n) is 14.7. The van der Waals surface area contributed by atoms with E-state index in [0.717, 1.165) is 0 Å². The van der Waals surface area contributed by atoms with E-state index in [2.05, 4.69) is 5.32 Å². The van der Waals surface area contributed by atoms with Crippen molar-refractivity contribution in [2.24, 2.45) is 5.73 Å².